The van der Waals surface area contributed by atoms with Crippen LogP contribution in [0.3, 0.4) is 0 Å². The largest absolute Gasteiger partial charge is 0.479 e. The third-order valence-electron chi connectivity index (χ3n) is 1.98. The highest BCUT2D eigenvalue weighted by atomic mass is 35.5. The second-order valence-corrected chi connectivity index (χ2v) is 3.85. The molecular weight excluding hydrogens is 239 g/mol. The normalized spacial score (nSPS) is 12.5. The molecule has 0 fully saturated rings. The van der Waals surface area contributed by atoms with Crippen LogP contribution in [-0.2, 0) is 16.0 Å². The van der Waals surface area contributed by atoms with Crippen molar-refractivity contribution in [3.63, 3.8) is 0 Å². The fourth-order valence-electron chi connectivity index (χ4n) is 1.16. The molecule has 1 rings (SSSR count). The first kappa shape index (κ1) is 12.3. The van der Waals surface area contributed by atoms with Crippen molar-refractivity contribution in [2.24, 2.45) is 0 Å². The Bertz CT molecular complexity index is 366. The minimum absolute atomic E-state index is 0.224. The molecule has 0 aliphatic heterocycles. The molecule has 0 aromatic heterocycles. The van der Waals surface area contributed by atoms with Gasteiger partial charge in [0.25, 0.3) is 0 Å². The van der Waals surface area contributed by atoms with E-state index in [9.17, 15) is 4.79 Å². The van der Waals surface area contributed by atoms with Crippen LogP contribution in [0.1, 0.15) is 5.56 Å². The van der Waals surface area contributed by atoms with Crippen molar-refractivity contribution in [2.75, 3.05) is 7.11 Å². The first-order valence-corrected chi connectivity index (χ1v) is 4.99. The van der Waals surface area contributed by atoms with Crippen LogP contribution in [0.2, 0.25) is 10.0 Å². The van der Waals surface area contributed by atoms with Crippen LogP contribution in [0.25, 0.3) is 0 Å². The number of ether oxygens (including phenoxy) is 1. The summed E-state index contributed by atoms with van der Waals surface area (Å²) in [5, 5.41) is 9.76. The van der Waals surface area contributed by atoms with Crippen molar-refractivity contribution in [3.8, 4) is 0 Å². The Balaban J connectivity index is 2.84. The van der Waals surface area contributed by atoms with Crippen molar-refractivity contribution in [3.05, 3.63) is 33.8 Å². The molecule has 0 spiro atoms. The summed E-state index contributed by atoms with van der Waals surface area (Å²) >= 11 is 11.6. The molecule has 0 bridgehead atoms. The van der Waals surface area contributed by atoms with Gasteiger partial charge in [0, 0.05) is 23.6 Å². The number of rotatable bonds is 4. The van der Waals surface area contributed by atoms with Gasteiger partial charge in [-0.2, -0.15) is 0 Å². The van der Waals surface area contributed by atoms with Crippen molar-refractivity contribution < 1.29 is 14.6 Å². The van der Waals surface area contributed by atoms with Gasteiger partial charge in [0.05, 0.1) is 0 Å². The van der Waals surface area contributed by atoms with Crippen LogP contribution in [0.15, 0.2) is 18.2 Å². The van der Waals surface area contributed by atoms with E-state index >= 15 is 0 Å². The highest BCUT2D eigenvalue weighted by Gasteiger charge is 2.18. The first-order valence-electron chi connectivity index (χ1n) is 4.24. The maximum absolute atomic E-state index is 10.7. The second-order valence-electron chi connectivity index (χ2n) is 3.00. The van der Waals surface area contributed by atoms with Gasteiger partial charge < -0.3 is 9.84 Å². The molecule has 0 saturated carbocycles. The molecule has 1 aromatic rings. The average Bonchev–Trinajstić information content (AvgIpc) is 2.16. The zero-order valence-electron chi connectivity index (χ0n) is 8.04. The minimum Gasteiger partial charge on any atom is -0.479 e. The number of carboxylic acids is 1. The number of methoxy groups -OCH3 is 1. The minimum atomic E-state index is -1.01. The molecule has 0 radical (unpaired) electrons. The highest BCUT2D eigenvalue weighted by molar-refractivity contribution is 6.35. The van der Waals surface area contributed by atoms with Crippen LogP contribution >= 0.6 is 23.2 Å². The molecular formula is C10H10Cl2O3. The van der Waals surface area contributed by atoms with E-state index in [0.717, 1.165) is 0 Å². The molecule has 0 heterocycles. The van der Waals surface area contributed by atoms with E-state index in [1.165, 1.54) is 7.11 Å². The average molecular weight is 249 g/mol. The predicted molar refractivity (Wildman–Crippen MR) is 58.6 cm³/mol. The SMILES string of the molecule is CO[C@@H](Cc1ccc(Cl)cc1Cl)C(=O)O. The zero-order chi connectivity index (χ0) is 11.4. The van der Waals surface area contributed by atoms with Crippen molar-refractivity contribution in [1.29, 1.82) is 0 Å². The Morgan fingerprint density at radius 2 is 2.20 bits per heavy atom. The number of carboxylic acid groups (broad SMARTS) is 1. The number of aliphatic carboxylic acids is 1. The smallest absolute Gasteiger partial charge is 0.333 e. The molecule has 1 atom stereocenters. The van der Waals surface area contributed by atoms with E-state index < -0.39 is 12.1 Å². The van der Waals surface area contributed by atoms with Gasteiger partial charge in [-0.25, -0.2) is 4.79 Å². The van der Waals surface area contributed by atoms with Crippen molar-refractivity contribution in [1.82, 2.24) is 0 Å². The fraction of sp³-hybridized carbons (Fsp3) is 0.300. The summed E-state index contributed by atoms with van der Waals surface area (Å²) < 4.78 is 4.81. The lowest BCUT2D eigenvalue weighted by Crippen LogP contribution is -2.24. The first-order chi connectivity index (χ1) is 7.04. The van der Waals surface area contributed by atoms with Gasteiger partial charge >= 0.3 is 5.97 Å². The molecule has 0 amide bonds. The van der Waals surface area contributed by atoms with Crippen molar-refractivity contribution >= 4 is 29.2 Å². The van der Waals surface area contributed by atoms with Crippen LogP contribution in [-0.4, -0.2) is 24.3 Å². The molecule has 1 aromatic carbocycles. The lowest BCUT2D eigenvalue weighted by molar-refractivity contribution is -0.148. The van der Waals surface area contributed by atoms with E-state index in [-0.39, 0.29) is 6.42 Å². The summed E-state index contributed by atoms with van der Waals surface area (Å²) in [6.07, 6.45) is -0.661. The summed E-state index contributed by atoms with van der Waals surface area (Å²) in [7, 11) is 1.35. The number of hydrogen-bond acceptors (Lipinski definition) is 2. The van der Waals surface area contributed by atoms with E-state index in [1.54, 1.807) is 18.2 Å². The number of hydrogen-bond donors (Lipinski definition) is 1. The molecule has 15 heavy (non-hydrogen) atoms. The number of benzene rings is 1. The Morgan fingerprint density at radius 3 is 2.67 bits per heavy atom. The number of carbonyl (C=O) groups is 1. The third kappa shape index (κ3) is 3.38. The van der Waals surface area contributed by atoms with Gasteiger partial charge in [-0.1, -0.05) is 29.3 Å². The van der Waals surface area contributed by atoms with E-state index in [2.05, 4.69) is 0 Å². The fourth-order valence-corrected chi connectivity index (χ4v) is 1.64. The molecule has 0 unspecified atom stereocenters. The molecule has 1 N–H and O–H groups in total. The summed E-state index contributed by atoms with van der Waals surface area (Å²) in [4.78, 5) is 10.7. The second kappa shape index (κ2) is 5.35. The lowest BCUT2D eigenvalue weighted by atomic mass is 10.1. The van der Waals surface area contributed by atoms with E-state index in [4.69, 9.17) is 33.0 Å². The summed E-state index contributed by atoms with van der Waals surface area (Å²) in [6, 6.07) is 4.93. The maximum Gasteiger partial charge on any atom is 0.333 e. The van der Waals surface area contributed by atoms with Crippen molar-refractivity contribution in [2.45, 2.75) is 12.5 Å². The van der Waals surface area contributed by atoms with Gasteiger partial charge in [0.2, 0.25) is 0 Å². The van der Waals surface area contributed by atoms with Gasteiger partial charge in [0.1, 0.15) is 0 Å². The topological polar surface area (TPSA) is 46.5 Å². The van der Waals surface area contributed by atoms with Gasteiger partial charge in [-0.3, -0.25) is 0 Å². The molecule has 3 nitrogen and oxygen atoms in total. The summed E-state index contributed by atoms with van der Waals surface area (Å²) in [5.41, 5.74) is 0.704. The third-order valence-corrected chi connectivity index (χ3v) is 2.57. The Morgan fingerprint density at radius 1 is 1.53 bits per heavy atom. The standard InChI is InChI=1S/C10H10Cl2O3/c1-15-9(10(13)14)4-6-2-3-7(11)5-8(6)12/h2-3,5,9H,4H2,1H3,(H,13,14)/t9-/m0/s1. The Hall–Kier alpha value is -0.770. The van der Waals surface area contributed by atoms with Gasteiger partial charge in [0.15, 0.2) is 6.10 Å². The van der Waals surface area contributed by atoms with E-state index in [0.29, 0.717) is 15.6 Å². The van der Waals surface area contributed by atoms with Gasteiger partial charge in [-0.15, -0.1) is 0 Å². The summed E-state index contributed by atoms with van der Waals surface area (Å²) in [6.45, 7) is 0. The van der Waals surface area contributed by atoms with E-state index in [1.807, 2.05) is 0 Å². The van der Waals surface area contributed by atoms with Crippen LogP contribution in [0, 0.1) is 0 Å². The Kier molecular flexibility index (Phi) is 4.39. The maximum atomic E-state index is 10.7. The quantitative estimate of drug-likeness (QED) is 0.892. The number of halogens is 2. The monoisotopic (exact) mass is 248 g/mol. The molecule has 0 aliphatic rings. The van der Waals surface area contributed by atoms with Crippen LogP contribution in [0.4, 0.5) is 0 Å². The molecule has 5 heteroatoms. The van der Waals surface area contributed by atoms with Gasteiger partial charge in [-0.05, 0) is 17.7 Å². The lowest BCUT2D eigenvalue weighted by Gasteiger charge is -2.11. The Labute approximate surface area is 97.6 Å². The molecule has 0 aliphatic carbocycles. The summed E-state index contributed by atoms with van der Waals surface area (Å²) in [5.74, 6) is -1.01. The zero-order valence-corrected chi connectivity index (χ0v) is 9.55. The van der Waals surface area contributed by atoms with Crippen LogP contribution < -0.4 is 0 Å². The molecule has 0 saturated heterocycles. The predicted octanol–water partition coefficient (Wildman–Crippen LogP) is 2.64. The molecule has 82 valence electrons. The van der Waals surface area contributed by atoms with Crippen LogP contribution in [0.5, 0.6) is 0 Å². The highest BCUT2D eigenvalue weighted by Crippen LogP contribution is 2.22.